The molecule has 2 heterocycles. The van der Waals surface area contributed by atoms with E-state index in [4.69, 9.17) is 22.1 Å². The maximum Gasteiger partial charge on any atom is 0.266 e. The molecule has 0 saturated heterocycles. The SMILES string of the molecule is Cc1ccc(NC(=O)CN2C(=O)COc3ccc(N)nc32)cc1Cl. The Balaban J connectivity index is 1.77. The Bertz CT molecular complexity index is 825. The Morgan fingerprint density at radius 2 is 2.21 bits per heavy atom. The Kier molecular flexibility index (Phi) is 4.26. The van der Waals surface area contributed by atoms with Gasteiger partial charge in [-0.05, 0) is 36.8 Å². The molecule has 0 fully saturated rings. The van der Waals surface area contributed by atoms with Crippen molar-refractivity contribution in [2.75, 3.05) is 29.1 Å². The van der Waals surface area contributed by atoms with E-state index in [9.17, 15) is 9.59 Å². The van der Waals surface area contributed by atoms with Crippen molar-refractivity contribution in [3.8, 4) is 5.75 Å². The molecule has 0 bridgehead atoms. The van der Waals surface area contributed by atoms with Crippen molar-refractivity contribution in [1.29, 1.82) is 0 Å². The van der Waals surface area contributed by atoms with Crippen LogP contribution in [0.1, 0.15) is 5.56 Å². The molecule has 1 aliphatic heterocycles. The Morgan fingerprint density at radius 3 is 2.96 bits per heavy atom. The average Bonchev–Trinajstić information content (AvgIpc) is 2.54. The van der Waals surface area contributed by atoms with E-state index in [1.807, 2.05) is 6.92 Å². The molecule has 1 aromatic heterocycles. The minimum Gasteiger partial charge on any atom is -0.480 e. The lowest BCUT2D eigenvalue weighted by molar-refractivity contribution is -0.123. The monoisotopic (exact) mass is 346 g/mol. The van der Waals surface area contributed by atoms with E-state index >= 15 is 0 Å². The van der Waals surface area contributed by atoms with Gasteiger partial charge < -0.3 is 15.8 Å². The minimum atomic E-state index is -0.375. The topological polar surface area (TPSA) is 97.5 Å². The van der Waals surface area contributed by atoms with Gasteiger partial charge in [-0.25, -0.2) is 4.98 Å². The van der Waals surface area contributed by atoms with Crippen LogP contribution in [0.3, 0.4) is 0 Å². The second-order valence-electron chi connectivity index (χ2n) is 5.34. The second kappa shape index (κ2) is 6.37. The zero-order valence-electron chi connectivity index (χ0n) is 12.9. The van der Waals surface area contributed by atoms with Crippen LogP contribution in [0.15, 0.2) is 30.3 Å². The summed E-state index contributed by atoms with van der Waals surface area (Å²) in [5, 5.41) is 3.26. The molecule has 24 heavy (non-hydrogen) atoms. The van der Waals surface area contributed by atoms with Crippen LogP contribution in [0.25, 0.3) is 0 Å². The minimum absolute atomic E-state index is 0.151. The van der Waals surface area contributed by atoms with Crippen LogP contribution in [0, 0.1) is 6.92 Å². The summed E-state index contributed by atoms with van der Waals surface area (Å²) in [5.41, 5.74) is 7.12. The number of anilines is 3. The van der Waals surface area contributed by atoms with Gasteiger partial charge in [-0.3, -0.25) is 14.5 Å². The highest BCUT2D eigenvalue weighted by atomic mass is 35.5. The van der Waals surface area contributed by atoms with Crippen LogP contribution in [0.2, 0.25) is 5.02 Å². The molecule has 2 aromatic rings. The highest BCUT2D eigenvalue weighted by Crippen LogP contribution is 2.30. The molecular formula is C16H15ClN4O3. The number of hydrogen-bond donors (Lipinski definition) is 2. The van der Waals surface area contributed by atoms with E-state index in [1.165, 1.54) is 4.90 Å². The van der Waals surface area contributed by atoms with E-state index in [0.717, 1.165) is 5.56 Å². The number of fused-ring (bicyclic) bond motifs is 1. The van der Waals surface area contributed by atoms with E-state index < -0.39 is 0 Å². The van der Waals surface area contributed by atoms with Gasteiger partial charge in [0.15, 0.2) is 18.2 Å². The van der Waals surface area contributed by atoms with Crippen molar-refractivity contribution in [3.63, 3.8) is 0 Å². The van der Waals surface area contributed by atoms with Crippen LogP contribution in [0.5, 0.6) is 5.75 Å². The number of hydrogen-bond acceptors (Lipinski definition) is 5. The number of aromatic nitrogens is 1. The van der Waals surface area contributed by atoms with Crippen molar-refractivity contribution >= 4 is 40.7 Å². The number of aryl methyl sites for hydroxylation is 1. The first kappa shape index (κ1) is 16.1. The molecule has 3 N–H and O–H groups in total. The van der Waals surface area contributed by atoms with Crippen molar-refractivity contribution in [2.24, 2.45) is 0 Å². The van der Waals surface area contributed by atoms with Crippen molar-refractivity contribution in [1.82, 2.24) is 4.98 Å². The summed E-state index contributed by atoms with van der Waals surface area (Å²) in [5.74, 6) is 0.152. The number of nitrogens with two attached hydrogens (primary N) is 1. The third-order valence-corrected chi connectivity index (χ3v) is 3.93. The number of pyridine rings is 1. The lowest BCUT2D eigenvalue weighted by atomic mass is 10.2. The Morgan fingerprint density at radius 1 is 1.42 bits per heavy atom. The van der Waals surface area contributed by atoms with Crippen LogP contribution in [-0.2, 0) is 9.59 Å². The normalized spacial score (nSPS) is 13.2. The Hall–Kier alpha value is -2.80. The summed E-state index contributed by atoms with van der Waals surface area (Å²) in [6, 6.07) is 8.38. The fourth-order valence-electron chi connectivity index (χ4n) is 2.27. The molecule has 0 radical (unpaired) electrons. The zero-order valence-corrected chi connectivity index (χ0v) is 13.6. The fraction of sp³-hybridized carbons (Fsp3) is 0.188. The van der Waals surface area contributed by atoms with Crippen molar-refractivity contribution < 1.29 is 14.3 Å². The number of halogens is 1. The number of carbonyl (C=O) groups excluding carboxylic acids is 2. The lowest BCUT2D eigenvalue weighted by Gasteiger charge is -2.27. The third-order valence-electron chi connectivity index (χ3n) is 3.53. The van der Waals surface area contributed by atoms with Gasteiger partial charge in [-0.2, -0.15) is 0 Å². The number of benzene rings is 1. The molecule has 0 spiro atoms. The van der Waals surface area contributed by atoms with Crippen molar-refractivity contribution in [3.05, 3.63) is 40.9 Å². The van der Waals surface area contributed by atoms with Gasteiger partial charge >= 0.3 is 0 Å². The van der Waals surface area contributed by atoms with Gasteiger partial charge in [-0.15, -0.1) is 0 Å². The van der Waals surface area contributed by atoms with Gasteiger partial charge in [0.25, 0.3) is 5.91 Å². The second-order valence-corrected chi connectivity index (χ2v) is 5.75. The number of nitrogens with one attached hydrogen (secondary N) is 1. The summed E-state index contributed by atoms with van der Waals surface area (Å²) in [6.07, 6.45) is 0. The lowest BCUT2D eigenvalue weighted by Crippen LogP contribution is -2.44. The number of carbonyl (C=O) groups is 2. The number of nitrogens with zero attached hydrogens (tertiary/aromatic N) is 2. The standard InChI is InChI=1S/C16H15ClN4O3/c1-9-2-3-10(6-11(9)17)19-14(22)7-21-15(23)8-24-12-4-5-13(18)20-16(12)21/h2-6H,7-8H2,1H3,(H2,18,20)(H,19,22). The van der Waals surface area contributed by atoms with E-state index in [1.54, 1.807) is 30.3 Å². The van der Waals surface area contributed by atoms with Gasteiger partial charge in [0.05, 0.1) is 0 Å². The molecule has 0 aliphatic carbocycles. The first-order valence-electron chi connectivity index (χ1n) is 7.20. The third kappa shape index (κ3) is 3.26. The molecule has 1 aromatic carbocycles. The summed E-state index contributed by atoms with van der Waals surface area (Å²) in [4.78, 5) is 29.7. The first-order valence-corrected chi connectivity index (χ1v) is 7.57. The quantitative estimate of drug-likeness (QED) is 0.885. The van der Waals surface area contributed by atoms with E-state index in [2.05, 4.69) is 10.3 Å². The first-order chi connectivity index (χ1) is 11.4. The summed E-state index contributed by atoms with van der Waals surface area (Å²) < 4.78 is 5.29. The van der Waals surface area contributed by atoms with Gasteiger partial charge in [0.1, 0.15) is 12.4 Å². The van der Waals surface area contributed by atoms with E-state index in [-0.39, 0.29) is 36.6 Å². The molecule has 0 unspecified atom stereocenters. The molecule has 1 aliphatic rings. The molecule has 2 amide bonds. The van der Waals surface area contributed by atoms with Crippen LogP contribution in [0.4, 0.5) is 17.3 Å². The average molecular weight is 347 g/mol. The van der Waals surface area contributed by atoms with E-state index in [0.29, 0.717) is 16.5 Å². The smallest absolute Gasteiger partial charge is 0.266 e. The molecule has 8 heteroatoms. The molecule has 124 valence electrons. The number of amides is 2. The van der Waals surface area contributed by atoms with Crippen LogP contribution in [-0.4, -0.2) is 29.9 Å². The highest BCUT2D eigenvalue weighted by Gasteiger charge is 2.28. The number of nitrogen functional groups attached to an aromatic ring is 1. The summed E-state index contributed by atoms with van der Waals surface area (Å²) in [6.45, 7) is 1.52. The molecular weight excluding hydrogens is 332 g/mol. The summed E-state index contributed by atoms with van der Waals surface area (Å²) in [7, 11) is 0. The maximum absolute atomic E-state index is 12.3. The largest absolute Gasteiger partial charge is 0.480 e. The highest BCUT2D eigenvalue weighted by molar-refractivity contribution is 6.31. The molecule has 0 atom stereocenters. The predicted octanol–water partition coefficient (Wildman–Crippen LogP) is 1.99. The van der Waals surface area contributed by atoms with Crippen LogP contribution < -0.4 is 20.7 Å². The number of ether oxygens (including phenoxy) is 1. The van der Waals surface area contributed by atoms with Crippen LogP contribution >= 0.6 is 11.6 Å². The molecule has 7 nitrogen and oxygen atoms in total. The van der Waals surface area contributed by atoms with Gasteiger partial charge in [0, 0.05) is 10.7 Å². The maximum atomic E-state index is 12.3. The van der Waals surface area contributed by atoms with Gasteiger partial charge in [0.2, 0.25) is 5.91 Å². The number of rotatable bonds is 3. The summed E-state index contributed by atoms with van der Waals surface area (Å²) >= 11 is 6.04. The predicted molar refractivity (Wildman–Crippen MR) is 91.3 cm³/mol. The van der Waals surface area contributed by atoms with Crippen molar-refractivity contribution in [2.45, 2.75) is 6.92 Å². The zero-order chi connectivity index (χ0) is 17.3. The molecule has 0 saturated carbocycles. The van der Waals surface area contributed by atoms with Gasteiger partial charge in [-0.1, -0.05) is 17.7 Å². The Labute approximate surface area is 143 Å². The molecule has 3 rings (SSSR count). The fourth-order valence-corrected chi connectivity index (χ4v) is 2.45.